The molecule has 0 aliphatic heterocycles. The number of rotatable bonds is 0. The summed E-state index contributed by atoms with van der Waals surface area (Å²) >= 11 is -4.29. The van der Waals surface area contributed by atoms with Gasteiger partial charge < -0.3 is 28.2 Å². The van der Waals surface area contributed by atoms with Crippen LogP contribution in [0.25, 0.3) is 0 Å². The van der Waals surface area contributed by atoms with Crippen LogP contribution in [0, 0.1) is 0 Å². The van der Waals surface area contributed by atoms with Crippen molar-refractivity contribution in [2.45, 2.75) is 0 Å². The van der Waals surface area contributed by atoms with Gasteiger partial charge in [-0.05, 0) is 0 Å². The molecule has 0 aliphatic carbocycles. The van der Waals surface area contributed by atoms with E-state index in [0.717, 1.165) is 0 Å². The first-order valence-electron chi connectivity index (χ1n) is 0.612. The Balaban J connectivity index is -0.000000000495. The van der Waals surface area contributed by atoms with Gasteiger partial charge in [0.05, 0.1) is 0 Å². The average Bonchev–Trinajstić information content (AvgIpc) is 0.811. The van der Waals surface area contributed by atoms with Gasteiger partial charge in [0, 0.05) is 0 Å². The van der Waals surface area contributed by atoms with Crippen LogP contribution in [-0.4, -0.2) is 0 Å². The number of hydrogen-bond donors (Lipinski definition) is 0. The van der Waals surface area contributed by atoms with E-state index in [9.17, 15) is 0 Å². The Morgan fingerprint density at radius 3 is 0.444 bits per heavy atom. The molecule has 0 heterocycles. The van der Waals surface area contributed by atoms with Crippen LogP contribution in [-0.2, 0) is 25.4 Å². The molecule has 18 heavy (non-hydrogen) atoms. The summed E-state index contributed by atoms with van der Waals surface area (Å²) in [6.07, 6.45) is 0. The standard InChI is InChI=1S/6FH.8K.3O.Zr/h6*1H;;;;;;;;;;;;/q;;;;;;8*+1;;2*-1;/p-6. The zero-order chi connectivity index (χ0) is 3.58. The molecule has 0 aromatic carbocycles. The molecule has 0 saturated heterocycles. The second-order valence-corrected chi connectivity index (χ2v) is 1.48. The van der Waals surface area contributed by atoms with Crippen molar-refractivity contribution in [1.29, 1.82) is 0 Å². The fourth-order valence-corrected chi connectivity index (χ4v) is 0. The Bertz CT molecular complexity index is 53.8. The second-order valence-electron chi connectivity index (χ2n) is 0.250. The summed E-state index contributed by atoms with van der Waals surface area (Å²) in [5.41, 5.74) is 0. The molecule has 0 fully saturated rings. The summed E-state index contributed by atoms with van der Waals surface area (Å²) in [5, 5.41) is 0. The van der Waals surface area contributed by atoms with Gasteiger partial charge in [-0.15, -0.1) is 0 Å². The molecule has 0 aromatic rings. The summed E-state index contributed by atoms with van der Waals surface area (Å²) in [5.74, 6) is 0. The Labute approximate surface area is 452 Å². The molecule has 0 saturated carbocycles. The summed E-state index contributed by atoms with van der Waals surface area (Å²) in [6, 6.07) is 0. The van der Waals surface area contributed by atoms with Gasteiger partial charge >= 0.3 is 443 Å². The van der Waals surface area contributed by atoms with E-state index in [1.807, 2.05) is 0 Å². The van der Waals surface area contributed by atoms with Crippen LogP contribution < -0.4 is 446 Å². The average molecular weight is 566 g/mol. The van der Waals surface area contributed by atoms with Crippen molar-refractivity contribution < 1.29 is 471 Å². The van der Waals surface area contributed by atoms with Gasteiger partial charge in [0.1, 0.15) is 0 Å². The first-order chi connectivity index (χ1) is 1.73. The van der Waals surface area contributed by atoms with Crippen molar-refractivity contribution in [3.63, 3.8) is 0 Å². The molecule has 72 valence electrons. The molecule has 3 nitrogen and oxygen atoms in total. The Hall–Kier alpha value is 13.3. The molecule has 18 heteroatoms. The van der Waals surface area contributed by atoms with E-state index in [-0.39, 0.29) is 439 Å². The van der Waals surface area contributed by atoms with Gasteiger partial charge in [-0.2, -0.15) is 0 Å². The van der Waals surface area contributed by atoms with Crippen LogP contribution >= 0.6 is 0 Å². The predicted octanol–water partition coefficient (Wildman–Crippen LogP) is -44.4. The Morgan fingerprint density at radius 1 is 0.444 bits per heavy atom. The van der Waals surface area contributed by atoms with Crippen LogP contribution in [0.15, 0.2) is 0 Å². The van der Waals surface area contributed by atoms with Gasteiger partial charge in [0.25, 0.3) is 0 Å². The SMILES string of the molecule is [F-].[F-].[F-].[F-].[F-].[F-].[K+].[K+].[K+].[K+].[K+].[K+].[K+].[K+].[O]=[Zr]([O-])[O-]. The summed E-state index contributed by atoms with van der Waals surface area (Å²) in [4.78, 5) is 0. The summed E-state index contributed by atoms with van der Waals surface area (Å²) < 4.78 is 25.8. The third-order valence-corrected chi connectivity index (χ3v) is 0. The van der Waals surface area contributed by atoms with Crippen molar-refractivity contribution in [3.05, 3.63) is 0 Å². The number of hydrogen-bond acceptors (Lipinski definition) is 3. The fourth-order valence-electron chi connectivity index (χ4n) is 0. The maximum atomic E-state index is 8.61. The molecule has 0 amide bonds. The molecule has 0 aliphatic rings. The first kappa shape index (κ1) is 108. The van der Waals surface area contributed by atoms with Crippen molar-refractivity contribution in [2.75, 3.05) is 0 Å². The van der Waals surface area contributed by atoms with Crippen molar-refractivity contribution >= 4 is 0 Å². The summed E-state index contributed by atoms with van der Waals surface area (Å²) in [6.45, 7) is 0. The Morgan fingerprint density at radius 2 is 0.444 bits per heavy atom. The zero-order valence-corrected chi connectivity index (χ0v) is 39.4. The fraction of sp³-hybridized carbons (Fsp3) is 0. The van der Waals surface area contributed by atoms with Gasteiger partial charge in [-0.25, -0.2) is 0 Å². The quantitative estimate of drug-likeness (QED) is 0.217. The monoisotopic (exact) mass is 564 g/mol. The van der Waals surface area contributed by atoms with Crippen molar-refractivity contribution in [1.82, 2.24) is 0 Å². The van der Waals surface area contributed by atoms with E-state index >= 15 is 0 Å². The van der Waals surface area contributed by atoms with E-state index in [2.05, 4.69) is 0 Å². The molecule has 0 rings (SSSR count). The molecule has 0 atom stereocenters. The van der Waals surface area contributed by atoms with E-state index in [1.165, 1.54) is 0 Å². The molecule has 0 spiro atoms. The minimum absolute atomic E-state index is 0. The van der Waals surface area contributed by atoms with Crippen LogP contribution in [0.5, 0.6) is 0 Å². The molecule has 0 radical (unpaired) electrons. The molecule has 0 N–H and O–H groups in total. The molecule has 0 unspecified atom stereocenters. The van der Waals surface area contributed by atoms with E-state index < -0.39 is 22.6 Å². The third kappa shape index (κ3) is 133. The summed E-state index contributed by atoms with van der Waals surface area (Å²) in [7, 11) is 0. The van der Waals surface area contributed by atoms with Gasteiger partial charge in [-0.3, -0.25) is 0 Å². The van der Waals surface area contributed by atoms with Crippen LogP contribution in [0.3, 0.4) is 0 Å². The first-order valence-corrected chi connectivity index (χ1v) is 3.62. The van der Waals surface area contributed by atoms with Crippen LogP contribution in [0.4, 0.5) is 0 Å². The van der Waals surface area contributed by atoms with E-state index in [0.29, 0.717) is 0 Å². The van der Waals surface area contributed by atoms with Crippen LogP contribution in [0.1, 0.15) is 0 Å². The number of halogens is 6. The Kier molecular flexibility index (Phi) is 589. The van der Waals surface area contributed by atoms with E-state index in [1.54, 1.807) is 0 Å². The molecular formula is F6K8O3Zr. The predicted molar refractivity (Wildman–Crippen MR) is 0.686 cm³/mol. The van der Waals surface area contributed by atoms with Gasteiger partial charge in [-0.1, -0.05) is 0 Å². The van der Waals surface area contributed by atoms with E-state index in [4.69, 9.17) is 9.18 Å². The second kappa shape index (κ2) is 98.0. The topological polar surface area (TPSA) is 63.2 Å². The zero-order valence-electron chi connectivity index (χ0n) is 12.0. The molecule has 0 aromatic heterocycles. The maximum absolute atomic E-state index is 8.61. The molecule has 0 bridgehead atoms. The van der Waals surface area contributed by atoms with Crippen molar-refractivity contribution in [2.24, 2.45) is 0 Å². The molecular weight excluding hydrogens is 566 g/mol. The normalized spacial score (nSPS) is 1.44. The van der Waals surface area contributed by atoms with Gasteiger partial charge in [0.2, 0.25) is 0 Å². The minimum atomic E-state index is -4.29. The third-order valence-electron chi connectivity index (χ3n) is 0. The van der Waals surface area contributed by atoms with Crippen LogP contribution in [0.2, 0.25) is 0 Å². The van der Waals surface area contributed by atoms with Crippen molar-refractivity contribution in [3.8, 4) is 0 Å². The van der Waals surface area contributed by atoms with Gasteiger partial charge in [0.15, 0.2) is 0 Å².